The second kappa shape index (κ2) is 3.92. The van der Waals surface area contributed by atoms with Gasteiger partial charge in [0.05, 0.1) is 0 Å². The number of rotatable bonds is 1. The zero-order valence-corrected chi connectivity index (χ0v) is 8.58. The van der Waals surface area contributed by atoms with Crippen LogP contribution in [0.3, 0.4) is 0 Å². The van der Waals surface area contributed by atoms with E-state index in [0.717, 1.165) is 12.1 Å². The Morgan fingerprint density at radius 3 is 2.46 bits per heavy atom. The van der Waals surface area contributed by atoms with Gasteiger partial charge >= 0.3 is 0 Å². The zero-order valence-electron chi connectivity index (χ0n) is 8.58. The lowest BCUT2D eigenvalue weighted by molar-refractivity contribution is -0.125. The van der Waals surface area contributed by atoms with Crippen molar-refractivity contribution in [3.05, 3.63) is 11.6 Å². The molecule has 0 aliphatic carbocycles. The molecule has 1 fully saturated rings. The van der Waals surface area contributed by atoms with Crippen molar-refractivity contribution in [3.8, 4) is 0 Å². The maximum atomic E-state index is 11.5. The van der Waals surface area contributed by atoms with Crippen molar-refractivity contribution < 1.29 is 4.79 Å². The summed E-state index contributed by atoms with van der Waals surface area (Å²) in [5.41, 5.74) is 6.86. The molecule has 0 aromatic rings. The monoisotopic (exact) mass is 182 g/mol. The third-order valence-electron chi connectivity index (χ3n) is 2.39. The van der Waals surface area contributed by atoms with Crippen molar-refractivity contribution in [2.75, 3.05) is 13.1 Å². The first kappa shape index (κ1) is 10.3. The summed E-state index contributed by atoms with van der Waals surface area (Å²) in [6.45, 7) is 7.43. The fraction of sp³-hybridized carbons (Fsp3) is 0.700. The highest BCUT2D eigenvalue weighted by molar-refractivity contribution is 5.88. The molecule has 13 heavy (non-hydrogen) atoms. The quantitative estimate of drug-likeness (QED) is 0.608. The summed E-state index contributed by atoms with van der Waals surface area (Å²) < 4.78 is 0. The SMILES string of the molecule is CC(C)=CC(=O)N1CC(C)C(N)C1. The van der Waals surface area contributed by atoms with Crippen LogP contribution in [0.15, 0.2) is 11.6 Å². The molecule has 1 aliphatic rings. The number of allylic oxidation sites excluding steroid dienone is 1. The van der Waals surface area contributed by atoms with Crippen molar-refractivity contribution in [2.45, 2.75) is 26.8 Å². The molecule has 2 unspecified atom stereocenters. The van der Waals surface area contributed by atoms with Gasteiger partial charge in [-0.3, -0.25) is 4.79 Å². The predicted octanol–water partition coefficient (Wildman–Crippen LogP) is 0.758. The van der Waals surface area contributed by atoms with Crippen LogP contribution in [0.1, 0.15) is 20.8 Å². The van der Waals surface area contributed by atoms with Crippen LogP contribution in [0.5, 0.6) is 0 Å². The highest BCUT2D eigenvalue weighted by atomic mass is 16.2. The number of hydrogen-bond acceptors (Lipinski definition) is 2. The molecule has 0 aromatic heterocycles. The summed E-state index contributed by atoms with van der Waals surface area (Å²) in [6, 6.07) is 0.148. The molecule has 1 saturated heterocycles. The van der Waals surface area contributed by atoms with E-state index in [-0.39, 0.29) is 11.9 Å². The molecule has 74 valence electrons. The number of likely N-dealkylation sites (tertiary alicyclic amines) is 1. The molecule has 1 aliphatic heterocycles. The molecule has 0 saturated carbocycles. The van der Waals surface area contributed by atoms with Gasteiger partial charge in [0.25, 0.3) is 0 Å². The largest absolute Gasteiger partial charge is 0.337 e. The van der Waals surface area contributed by atoms with E-state index in [9.17, 15) is 4.79 Å². The summed E-state index contributed by atoms with van der Waals surface area (Å²) in [4.78, 5) is 13.4. The molecule has 0 spiro atoms. The van der Waals surface area contributed by atoms with Gasteiger partial charge in [0, 0.05) is 25.2 Å². The van der Waals surface area contributed by atoms with E-state index < -0.39 is 0 Å². The predicted molar refractivity (Wildman–Crippen MR) is 53.2 cm³/mol. The van der Waals surface area contributed by atoms with Gasteiger partial charge in [-0.25, -0.2) is 0 Å². The van der Waals surface area contributed by atoms with Crippen LogP contribution in [0.25, 0.3) is 0 Å². The Balaban J connectivity index is 2.56. The van der Waals surface area contributed by atoms with E-state index in [1.54, 1.807) is 6.08 Å². The minimum Gasteiger partial charge on any atom is -0.337 e. The average Bonchev–Trinajstić information content (AvgIpc) is 2.31. The van der Waals surface area contributed by atoms with E-state index >= 15 is 0 Å². The molecule has 0 bridgehead atoms. The molecular formula is C10H18N2O. The minimum atomic E-state index is 0.0970. The van der Waals surface area contributed by atoms with Crippen molar-refractivity contribution in [1.82, 2.24) is 4.90 Å². The summed E-state index contributed by atoms with van der Waals surface area (Å²) in [7, 11) is 0. The van der Waals surface area contributed by atoms with Crippen molar-refractivity contribution in [2.24, 2.45) is 11.7 Å². The number of nitrogens with two attached hydrogens (primary N) is 1. The number of carbonyl (C=O) groups excluding carboxylic acids is 1. The van der Waals surface area contributed by atoms with Gasteiger partial charge in [0.2, 0.25) is 5.91 Å². The molecule has 3 nitrogen and oxygen atoms in total. The summed E-state index contributed by atoms with van der Waals surface area (Å²) in [5.74, 6) is 0.523. The Kier molecular flexibility index (Phi) is 3.09. The number of carbonyl (C=O) groups is 1. The lowest BCUT2D eigenvalue weighted by atomic mass is 10.1. The standard InChI is InChI=1S/C10H18N2O/c1-7(2)4-10(13)12-5-8(3)9(11)6-12/h4,8-9H,5-6,11H2,1-3H3. The van der Waals surface area contributed by atoms with Crippen LogP contribution in [0.2, 0.25) is 0 Å². The first-order valence-electron chi connectivity index (χ1n) is 4.70. The molecule has 0 radical (unpaired) electrons. The third-order valence-corrected chi connectivity index (χ3v) is 2.39. The van der Waals surface area contributed by atoms with Gasteiger partial charge in [-0.05, 0) is 19.8 Å². The number of amides is 1. The molecule has 2 atom stereocenters. The topological polar surface area (TPSA) is 46.3 Å². The first-order chi connectivity index (χ1) is 6.00. The van der Waals surface area contributed by atoms with E-state index in [1.165, 1.54) is 0 Å². The molecule has 1 amide bonds. The molecular weight excluding hydrogens is 164 g/mol. The van der Waals surface area contributed by atoms with Crippen molar-refractivity contribution in [1.29, 1.82) is 0 Å². The van der Waals surface area contributed by atoms with Crippen LogP contribution in [0.4, 0.5) is 0 Å². The maximum absolute atomic E-state index is 11.5. The molecule has 2 N–H and O–H groups in total. The minimum absolute atomic E-state index is 0.0970. The zero-order chi connectivity index (χ0) is 10.0. The smallest absolute Gasteiger partial charge is 0.246 e. The first-order valence-corrected chi connectivity index (χ1v) is 4.70. The van der Waals surface area contributed by atoms with Gasteiger partial charge in [-0.15, -0.1) is 0 Å². The van der Waals surface area contributed by atoms with Crippen LogP contribution in [0, 0.1) is 5.92 Å². The summed E-state index contributed by atoms with van der Waals surface area (Å²) in [6.07, 6.45) is 1.67. The second-order valence-corrected chi connectivity index (χ2v) is 4.11. The van der Waals surface area contributed by atoms with E-state index in [1.807, 2.05) is 18.7 Å². The van der Waals surface area contributed by atoms with Crippen molar-refractivity contribution >= 4 is 5.91 Å². The molecule has 0 aromatic carbocycles. The Morgan fingerprint density at radius 2 is 2.08 bits per heavy atom. The Morgan fingerprint density at radius 1 is 1.46 bits per heavy atom. The van der Waals surface area contributed by atoms with Crippen LogP contribution < -0.4 is 5.73 Å². The highest BCUT2D eigenvalue weighted by Crippen LogP contribution is 2.14. The number of nitrogens with zero attached hydrogens (tertiary/aromatic N) is 1. The Labute approximate surface area is 79.6 Å². The number of hydrogen-bond donors (Lipinski definition) is 1. The van der Waals surface area contributed by atoms with Gasteiger partial charge in [0.15, 0.2) is 0 Å². The Hall–Kier alpha value is -0.830. The third kappa shape index (κ3) is 2.56. The summed E-state index contributed by atoms with van der Waals surface area (Å²) >= 11 is 0. The van der Waals surface area contributed by atoms with Gasteiger partial charge in [-0.2, -0.15) is 0 Å². The molecule has 1 heterocycles. The highest BCUT2D eigenvalue weighted by Gasteiger charge is 2.28. The average molecular weight is 182 g/mol. The maximum Gasteiger partial charge on any atom is 0.246 e. The lowest BCUT2D eigenvalue weighted by Gasteiger charge is -2.13. The van der Waals surface area contributed by atoms with E-state index in [4.69, 9.17) is 5.73 Å². The van der Waals surface area contributed by atoms with Crippen LogP contribution in [-0.4, -0.2) is 29.9 Å². The summed E-state index contributed by atoms with van der Waals surface area (Å²) in [5, 5.41) is 0. The van der Waals surface area contributed by atoms with Crippen LogP contribution >= 0.6 is 0 Å². The normalized spacial score (nSPS) is 27.5. The molecule has 1 rings (SSSR count). The van der Waals surface area contributed by atoms with Gasteiger partial charge in [0.1, 0.15) is 0 Å². The van der Waals surface area contributed by atoms with Crippen molar-refractivity contribution in [3.63, 3.8) is 0 Å². The van der Waals surface area contributed by atoms with Gasteiger partial charge < -0.3 is 10.6 Å². The molecule has 3 heteroatoms. The van der Waals surface area contributed by atoms with E-state index in [2.05, 4.69) is 6.92 Å². The lowest BCUT2D eigenvalue weighted by Crippen LogP contribution is -2.31. The second-order valence-electron chi connectivity index (χ2n) is 4.11. The van der Waals surface area contributed by atoms with Crippen LogP contribution in [-0.2, 0) is 4.79 Å². The Bertz CT molecular complexity index is 221. The van der Waals surface area contributed by atoms with E-state index in [0.29, 0.717) is 12.5 Å². The fourth-order valence-corrected chi connectivity index (χ4v) is 1.51. The fourth-order valence-electron chi connectivity index (χ4n) is 1.51. The van der Waals surface area contributed by atoms with Gasteiger partial charge in [-0.1, -0.05) is 12.5 Å².